The minimum absolute atomic E-state index is 0.930. The monoisotopic (exact) mass is 352 g/mol. The quantitative estimate of drug-likeness (QED) is 0.416. The summed E-state index contributed by atoms with van der Waals surface area (Å²) in [5, 5.41) is 5.07. The number of hydrogen-bond acceptors (Lipinski definition) is 1. The van der Waals surface area contributed by atoms with E-state index in [-0.39, 0.29) is 0 Å². The van der Waals surface area contributed by atoms with E-state index in [1.54, 1.807) is 0 Å². The Morgan fingerprint density at radius 2 is 1.26 bits per heavy atom. The third-order valence-corrected chi connectivity index (χ3v) is 4.99. The Labute approximate surface area is 161 Å². The number of aryl methyl sites for hydroxylation is 2. The smallest absolute Gasteiger partial charge is 0.0966 e. The van der Waals surface area contributed by atoms with Crippen molar-refractivity contribution in [1.82, 2.24) is 9.78 Å². The molecule has 4 rings (SSSR count). The van der Waals surface area contributed by atoms with E-state index in [1.165, 1.54) is 33.5 Å². The van der Waals surface area contributed by atoms with Crippen LogP contribution in [0.5, 0.6) is 0 Å². The fraction of sp³-hybridized carbons (Fsp3) is 0.160. The van der Waals surface area contributed by atoms with E-state index in [9.17, 15) is 0 Å². The first-order chi connectivity index (χ1) is 13.2. The molecule has 0 saturated carbocycles. The molecule has 0 unspecified atom stereocenters. The fourth-order valence-electron chi connectivity index (χ4n) is 3.49. The van der Waals surface area contributed by atoms with Gasteiger partial charge in [0, 0.05) is 16.7 Å². The van der Waals surface area contributed by atoms with Crippen LogP contribution in [0, 0.1) is 13.8 Å². The molecule has 4 aromatic rings. The van der Waals surface area contributed by atoms with Gasteiger partial charge in [-0.2, -0.15) is 5.10 Å². The molecule has 3 aromatic carbocycles. The van der Waals surface area contributed by atoms with Crippen molar-refractivity contribution in [3.05, 3.63) is 95.6 Å². The molecule has 0 aliphatic heterocycles. The van der Waals surface area contributed by atoms with Gasteiger partial charge in [-0.05, 0) is 32.4 Å². The van der Waals surface area contributed by atoms with Crippen molar-refractivity contribution in [1.29, 1.82) is 0 Å². The predicted octanol–water partition coefficient (Wildman–Crippen LogP) is 6.39. The second-order valence-corrected chi connectivity index (χ2v) is 7.01. The SMILES string of the molecule is CCc1c(-c2ccc(C)cc2)nn(-c2ccccc2)c1-c1ccc(C)cc1. The number of para-hydroxylation sites is 1. The molecule has 2 nitrogen and oxygen atoms in total. The van der Waals surface area contributed by atoms with Gasteiger partial charge in [0.25, 0.3) is 0 Å². The van der Waals surface area contributed by atoms with Crippen LogP contribution in [-0.2, 0) is 6.42 Å². The molecule has 27 heavy (non-hydrogen) atoms. The average molecular weight is 352 g/mol. The summed E-state index contributed by atoms with van der Waals surface area (Å²) in [6.07, 6.45) is 0.930. The third-order valence-electron chi connectivity index (χ3n) is 4.99. The van der Waals surface area contributed by atoms with Gasteiger partial charge in [0.1, 0.15) is 0 Å². The molecule has 0 spiro atoms. The first-order valence-corrected chi connectivity index (χ1v) is 9.48. The highest BCUT2D eigenvalue weighted by Crippen LogP contribution is 2.35. The summed E-state index contributed by atoms with van der Waals surface area (Å²) in [5.41, 5.74) is 9.51. The van der Waals surface area contributed by atoms with Crippen molar-refractivity contribution in [2.24, 2.45) is 0 Å². The molecule has 0 aliphatic carbocycles. The zero-order chi connectivity index (χ0) is 18.8. The van der Waals surface area contributed by atoms with Gasteiger partial charge in [0.2, 0.25) is 0 Å². The van der Waals surface area contributed by atoms with Gasteiger partial charge in [-0.15, -0.1) is 0 Å². The van der Waals surface area contributed by atoms with E-state index in [1.807, 2.05) is 6.07 Å². The Morgan fingerprint density at radius 1 is 0.704 bits per heavy atom. The summed E-state index contributed by atoms with van der Waals surface area (Å²) >= 11 is 0. The van der Waals surface area contributed by atoms with Crippen molar-refractivity contribution in [3.63, 3.8) is 0 Å². The normalized spacial score (nSPS) is 10.9. The van der Waals surface area contributed by atoms with Gasteiger partial charge in [-0.1, -0.05) is 84.8 Å². The van der Waals surface area contributed by atoms with Gasteiger partial charge < -0.3 is 0 Å². The number of aromatic nitrogens is 2. The van der Waals surface area contributed by atoms with E-state index < -0.39 is 0 Å². The van der Waals surface area contributed by atoms with Crippen LogP contribution in [-0.4, -0.2) is 9.78 Å². The number of benzene rings is 3. The molecule has 0 amide bonds. The molecule has 0 bridgehead atoms. The van der Waals surface area contributed by atoms with Crippen molar-refractivity contribution in [2.45, 2.75) is 27.2 Å². The maximum absolute atomic E-state index is 5.07. The highest BCUT2D eigenvalue weighted by atomic mass is 15.3. The third kappa shape index (κ3) is 3.31. The Morgan fingerprint density at radius 3 is 1.81 bits per heavy atom. The van der Waals surface area contributed by atoms with E-state index in [0.717, 1.165) is 17.8 Å². The molecule has 0 N–H and O–H groups in total. The Kier molecular flexibility index (Phi) is 4.64. The molecular formula is C25H24N2. The van der Waals surface area contributed by atoms with E-state index >= 15 is 0 Å². The molecule has 0 radical (unpaired) electrons. The molecule has 1 heterocycles. The van der Waals surface area contributed by atoms with Gasteiger partial charge in [-0.3, -0.25) is 0 Å². The molecule has 0 aliphatic rings. The van der Waals surface area contributed by atoms with E-state index in [4.69, 9.17) is 5.10 Å². The summed E-state index contributed by atoms with van der Waals surface area (Å²) in [6, 6.07) is 27.8. The minimum atomic E-state index is 0.930. The summed E-state index contributed by atoms with van der Waals surface area (Å²) in [7, 11) is 0. The molecule has 134 valence electrons. The van der Waals surface area contributed by atoms with Crippen LogP contribution >= 0.6 is 0 Å². The van der Waals surface area contributed by atoms with Crippen LogP contribution in [0.4, 0.5) is 0 Å². The summed E-state index contributed by atoms with van der Waals surface area (Å²) in [6.45, 7) is 6.45. The molecule has 0 atom stereocenters. The predicted molar refractivity (Wildman–Crippen MR) is 113 cm³/mol. The average Bonchev–Trinajstić information content (AvgIpc) is 3.09. The maximum Gasteiger partial charge on any atom is 0.0966 e. The minimum Gasteiger partial charge on any atom is -0.232 e. The summed E-state index contributed by atoms with van der Waals surface area (Å²) < 4.78 is 2.10. The Balaban J connectivity index is 1.99. The summed E-state index contributed by atoms with van der Waals surface area (Å²) in [5.74, 6) is 0. The zero-order valence-electron chi connectivity index (χ0n) is 16.1. The van der Waals surface area contributed by atoms with Crippen LogP contribution < -0.4 is 0 Å². The first-order valence-electron chi connectivity index (χ1n) is 9.48. The molecule has 2 heteroatoms. The fourth-order valence-corrected chi connectivity index (χ4v) is 3.49. The van der Waals surface area contributed by atoms with E-state index in [0.29, 0.717) is 0 Å². The van der Waals surface area contributed by atoms with Crippen LogP contribution in [0.3, 0.4) is 0 Å². The molecule has 0 fully saturated rings. The van der Waals surface area contributed by atoms with Crippen LogP contribution in [0.15, 0.2) is 78.9 Å². The molecule has 1 aromatic heterocycles. The second kappa shape index (κ2) is 7.24. The van der Waals surface area contributed by atoms with Crippen molar-refractivity contribution >= 4 is 0 Å². The van der Waals surface area contributed by atoms with Crippen molar-refractivity contribution in [3.8, 4) is 28.2 Å². The molecule has 0 saturated heterocycles. The topological polar surface area (TPSA) is 17.8 Å². The first kappa shape index (κ1) is 17.3. The van der Waals surface area contributed by atoms with Crippen LogP contribution in [0.2, 0.25) is 0 Å². The Hall–Kier alpha value is -3.13. The lowest BCUT2D eigenvalue weighted by atomic mass is 9.99. The summed E-state index contributed by atoms with van der Waals surface area (Å²) in [4.78, 5) is 0. The largest absolute Gasteiger partial charge is 0.232 e. The van der Waals surface area contributed by atoms with Crippen LogP contribution in [0.1, 0.15) is 23.6 Å². The maximum atomic E-state index is 5.07. The lowest BCUT2D eigenvalue weighted by Gasteiger charge is -2.10. The number of nitrogens with zero attached hydrogens (tertiary/aromatic N) is 2. The highest BCUT2D eigenvalue weighted by Gasteiger charge is 2.20. The highest BCUT2D eigenvalue weighted by molar-refractivity contribution is 5.76. The van der Waals surface area contributed by atoms with E-state index in [2.05, 4.69) is 98.2 Å². The van der Waals surface area contributed by atoms with Gasteiger partial charge >= 0.3 is 0 Å². The number of hydrogen-bond donors (Lipinski definition) is 0. The Bertz CT molecular complexity index is 1040. The van der Waals surface area contributed by atoms with Crippen molar-refractivity contribution < 1.29 is 0 Å². The van der Waals surface area contributed by atoms with Crippen molar-refractivity contribution in [2.75, 3.05) is 0 Å². The van der Waals surface area contributed by atoms with Gasteiger partial charge in [0.05, 0.1) is 17.1 Å². The lowest BCUT2D eigenvalue weighted by molar-refractivity contribution is 0.891. The van der Waals surface area contributed by atoms with Gasteiger partial charge in [0.15, 0.2) is 0 Å². The van der Waals surface area contributed by atoms with Gasteiger partial charge in [-0.25, -0.2) is 4.68 Å². The number of rotatable bonds is 4. The second-order valence-electron chi connectivity index (χ2n) is 7.01. The molecular weight excluding hydrogens is 328 g/mol. The lowest BCUT2D eigenvalue weighted by Crippen LogP contribution is -1.99. The zero-order valence-corrected chi connectivity index (χ0v) is 16.1. The van der Waals surface area contributed by atoms with Crippen LogP contribution in [0.25, 0.3) is 28.2 Å². The standard InChI is InChI=1S/C25H24N2/c1-4-23-24(20-14-10-18(2)11-15-20)26-27(22-8-6-5-7-9-22)25(23)21-16-12-19(3)13-17-21/h5-17H,4H2,1-3H3.